The van der Waals surface area contributed by atoms with Crippen LogP contribution in [0.1, 0.15) is 181 Å². The molecule has 53 heavy (non-hydrogen) atoms. The number of phosphoric acid groups is 1. The Kier molecular flexibility index (Phi) is 37.5. The molecule has 0 rings (SSSR count). The molecule has 0 radical (unpaired) electrons. The lowest BCUT2D eigenvalue weighted by Gasteiger charge is -2.24. The number of unbranched alkanes of at least 4 members (excludes halogenated alkanes) is 19. The molecule has 0 heterocycles. The highest BCUT2D eigenvalue weighted by Gasteiger charge is 2.27. The Morgan fingerprint density at radius 3 is 1.70 bits per heavy atom. The van der Waals surface area contributed by atoms with E-state index in [1.807, 2.05) is 6.08 Å². The zero-order valence-corrected chi connectivity index (χ0v) is 34.8. The molecular formula is C43H81N2O7P. The highest BCUT2D eigenvalue weighted by atomic mass is 31.2. The second-order valence-corrected chi connectivity index (χ2v) is 15.8. The largest absolute Gasteiger partial charge is 0.472 e. The maximum absolute atomic E-state index is 12.8. The lowest BCUT2D eigenvalue weighted by molar-refractivity contribution is -0.124. The molecule has 310 valence electrons. The van der Waals surface area contributed by atoms with E-state index in [4.69, 9.17) is 14.8 Å². The minimum absolute atomic E-state index is 0.0411. The summed E-state index contributed by atoms with van der Waals surface area (Å²) in [7, 11) is -4.41. The summed E-state index contributed by atoms with van der Waals surface area (Å²) in [6, 6.07) is -1.00. The minimum atomic E-state index is -4.41. The number of carbonyl (C=O) groups is 1. The number of phosphoric ester groups is 1. The van der Waals surface area contributed by atoms with Crippen LogP contribution in [-0.4, -0.2) is 59.0 Å². The van der Waals surface area contributed by atoms with Crippen molar-refractivity contribution in [3.8, 4) is 0 Å². The van der Waals surface area contributed by atoms with Crippen LogP contribution < -0.4 is 11.1 Å². The Hall–Kier alpha value is -1.58. The van der Waals surface area contributed by atoms with Gasteiger partial charge in [0.1, 0.15) is 0 Å². The lowest BCUT2D eigenvalue weighted by atomic mass is 10.0. The third-order valence-corrected chi connectivity index (χ3v) is 10.2. The highest BCUT2D eigenvalue weighted by molar-refractivity contribution is 7.47. The first-order valence-corrected chi connectivity index (χ1v) is 22.8. The molecule has 0 aliphatic heterocycles. The summed E-state index contributed by atoms with van der Waals surface area (Å²) >= 11 is 0. The van der Waals surface area contributed by atoms with Gasteiger partial charge in [-0.25, -0.2) is 4.57 Å². The molecule has 1 amide bonds. The van der Waals surface area contributed by atoms with Crippen molar-refractivity contribution in [1.29, 1.82) is 0 Å². The van der Waals surface area contributed by atoms with Crippen molar-refractivity contribution < 1.29 is 33.5 Å². The maximum Gasteiger partial charge on any atom is 0.472 e. The fourth-order valence-electron chi connectivity index (χ4n) is 5.93. The smallest absolute Gasteiger partial charge is 0.393 e. The van der Waals surface area contributed by atoms with Crippen LogP contribution in [0, 0.1) is 0 Å². The van der Waals surface area contributed by atoms with Crippen LogP contribution in [0.4, 0.5) is 0 Å². The summed E-state index contributed by atoms with van der Waals surface area (Å²) in [5, 5.41) is 23.9. The van der Waals surface area contributed by atoms with Gasteiger partial charge < -0.3 is 26.2 Å². The first-order valence-electron chi connectivity index (χ1n) is 21.3. The van der Waals surface area contributed by atoms with Gasteiger partial charge in [-0.3, -0.25) is 13.8 Å². The van der Waals surface area contributed by atoms with Crippen molar-refractivity contribution in [2.24, 2.45) is 5.73 Å². The van der Waals surface area contributed by atoms with Gasteiger partial charge in [0.15, 0.2) is 0 Å². The van der Waals surface area contributed by atoms with Crippen molar-refractivity contribution in [1.82, 2.24) is 5.32 Å². The number of carbonyl (C=O) groups excluding carboxylic acids is 1. The third kappa shape index (κ3) is 37.1. The van der Waals surface area contributed by atoms with E-state index in [0.717, 1.165) is 57.8 Å². The predicted molar refractivity (Wildman–Crippen MR) is 223 cm³/mol. The molecule has 0 fully saturated rings. The average molecular weight is 769 g/mol. The SMILES string of the molecule is CCCCCC/C=C/CC/C=C/C(O)C(COP(=O)(O)OCCN)NC(=O)CC(O)CCCCCCC/C=C\C/C=C\CCCCCCCCCCC. The topological polar surface area (TPSA) is 151 Å². The third-order valence-electron chi connectivity index (χ3n) is 9.18. The van der Waals surface area contributed by atoms with E-state index < -0.39 is 38.6 Å². The van der Waals surface area contributed by atoms with Crippen molar-refractivity contribution >= 4 is 13.7 Å². The molecule has 0 aliphatic rings. The summed E-state index contributed by atoms with van der Waals surface area (Å²) in [5.41, 5.74) is 5.34. The average Bonchev–Trinajstić information content (AvgIpc) is 3.13. The van der Waals surface area contributed by atoms with E-state index in [1.54, 1.807) is 6.08 Å². The minimum Gasteiger partial charge on any atom is -0.393 e. The molecule has 10 heteroatoms. The van der Waals surface area contributed by atoms with Crippen molar-refractivity contribution in [3.05, 3.63) is 48.6 Å². The maximum atomic E-state index is 12.8. The molecule has 4 atom stereocenters. The summed E-state index contributed by atoms with van der Waals surface area (Å²) in [6.07, 6.45) is 43.5. The molecule has 0 saturated carbocycles. The lowest BCUT2D eigenvalue weighted by Crippen LogP contribution is -2.46. The monoisotopic (exact) mass is 769 g/mol. The van der Waals surface area contributed by atoms with Crippen LogP contribution >= 0.6 is 7.82 Å². The molecule has 0 aliphatic carbocycles. The number of aliphatic hydroxyl groups excluding tert-OH is 2. The van der Waals surface area contributed by atoms with Gasteiger partial charge in [-0.1, -0.05) is 159 Å². The zero-order chi connectivity index (χ0) is 39.1. The highest BCUT2D eigenvalue weighted by Crippen LogP contribution is 2.43. The van der Waals surface area contributed by atoms with Gasteiger partial charge in [0, 0.05) is 6.54 Å². The predicted octanol–water partition coefficient (Wildman–Crippen LogP) is 10.7. The van der Waals surface area contributed by atoms with Crippen LogP contribution in [0.5, 0.6) is 0 Å². The quantitative estimate of drug-likeness (QED) is 0.0235. The van der Waals surface area contributed by atoms with Crippen LogP contribution in [0.15, 0.2) is 48.6 Å². The van der Waals surface area contributed by atoms with Gasteiger partial charge >= 0.3 is 7.82 Å². The standard InChI is InChI=1S/C43H81N2O7P/c1-3-5-7-9-11-13-15-16-17-18-19-20-21-22-23-24-25-26-28-30-32-34-40(46)38-43(48)45-41(39-52-53(49,50)51-37-36-44)42(47)35-33-31-29-27-14-12-10-8-6-4-2/h14,19-20,22-23,27,33,35,40-42,46-47H,3-13,15-18,21,24-26,28-32,34,36-39,44H2,1-2H3,(H,45,48)(H,49,50)/b20-19-,23-22-,27-14+,35-33+. The number of hydrogen-bond acceptors (Lipinski definition) is 7. The van der Waals surface area contributed by atoms with Crippen molar-refractivity contribution in [2.45, 2.75) is 199 Å². The molecule has 4 unspecified atom stereocenters. The molecule has 0 aromatic heterocycles. The Balaban J connectivity index is 4.27. The number of rotatable bonds is 39. The van der Waals surface area contributed by atoms with Gasteiger partial charge in [-0.2, -0.15) is 0 Å². The number of amides is 1. The molecule has 0 spiro atoms. The van der Waals surface area contributed by atoms with E-state index >= 15 is 0 Å². The first kappa shape index (κ1) is 51.4. The fourth-order valence-corrected chi connectivity index (χ4v) is 6.69. The summed E-state index contributed by atoms with van der Waals surface area (Å²) in [4.78, 5) is 22.7. The fraction of sp³-hybridized carbons (Fsp3) is 0.791. The van der Waals surface area contributed by atoms with Crippen LogP contribution in [-0.2, 0) is 18.4 Å². The number of nitrogens with two attached hydrogens (primary N) is 1. The number of nitrogens with one attached hydrogen (secondary N) is 1. The summed E-state index contributed by atoms with van der Waals surface area (Å²) < 4.78 is 22.0. The molecule has 6 N–H and O–H groups in total. The second-order valence-electron chi connectivity index (χ2n) is 14.4. The van der Waals surface area contributed by atoms with Crippen LogP contribution in [0.2, 0.25) is 0 Å². The van der Waals surface area contributed by atoms with Gasteiger partial charge in [-0.15, -0.1) is 0 Å². The van der Waals surface area contributed by atoms with Gasteiger partial charge in [0.25, 0.3) is 0 Å². The van der Waals surface area contributed by atoms with E-state index in [0.29, 0.717) is 12.8 Å². The Morgan fingerprint density at radius 1 is 0.660 bits per heavy atom. The van der Waals surface area contributed by atoms with E-state index in [9.17, 15) is 24.5 Å². The Morgan fingerprint density at radius 2 is 1.13 bits per heavy atom. The molecule has 0 aromatic carbocycles. The zero-order valence-electron chi connectivity index (χ0n) is 33.9. The van der Waals surface area contributed by atoms with E-state index in [-0.39, 0.29) is 19.6 Å². The summed E-state index contributed by atoms with van der Waals surface area (Å²) in [6.45, 7) is 3.89. The Bertz CT molecular complexity index is 988. The Labute approximate surface area is 325 Å². The van der Waals surface area contributed by atoms with Crippen LogP contribution in [0.3, 0.4) is 0 Å². The molecule has 0 saturated heterocycles. The van der Waals surface area contributed by atoms with Gasteiger partial charge in [0.05, 0.1) is 37.9 Å². The second kappa shape index (κ2) is 38.7. The van der Waals surface area contributed by atoms with E-state index in [1.165, 1.54) is 89.9 Å². The van der Waals surface area contributed by atoms with Gasteiger partial charge in [0.2, 0.25) is 5.91 Å². The van der Waals surface area contributed by atoms with E-state index in [2.05, 4.69) is 55.6 Å². The molecule has 9 nitrogen and oxygen atoms in total. The number of allylic oxidation sites excluding steroid dienone is 7. The molecule has 0 bridgehead atoms. The van der Waals surface area contributed by atoms with Crippen LogP contribution in [0.25, 0.3) is 0 Å². The summed E-state index contributed by atoms with van der Waals surface area (Å²) in [5.74, 6) is -0.467. The first-order chi connectivity index (χ1) is 25.8. The number of hydrogen-bond donors (Lipinski definition) is 5. The van der Waals surface area contributed by atoms with Crippen molar-refractivity contribution in [3.63, 3.8) is 0 Å². The normalized spacial score (nSPS) is 15.2. The van der Waals surface area contributed by atoms with Gasteiger partial charge in [-0.05, 0) is 64.2 Å². The van der Waals surface area contributed by atoms with Crippen molar-refractivity contribution in [2.75, 3.05) is 19.8 Å². The molecular weight excluding hydrogens is 687 g/mol. The number of aliphatic hydroxyl groups is 2. The molecule has 0 aromatic rings.